The second-order valence-corrected chi connectivity index (χ2v) is 7.52. The number of nitrogens with one attached hydrogen (secondary N) is 3. The number of hydrogen-bond acceptors (Lipinski definition) is 7. The van der Waals surface area contributed by atoms with Crippen molar-refractivity contribution in [2.24, 2.45) is 17.6 Å². The van der Waals surface area contributed by atoms with E-state index in [4.69, 9.17) is 21.1 Å². The number of carbonyl (C=O) groups is 5. The highest BCUT2D eigenvalue weighted by molar-refractivity contribution is 5.95. The van der Waals surface area contributed by atoms with Crippen molar-refractivity contribution in [3.63, 3.8) is 0 Å². The third kappa shape index (κ3) is 9.30. The molecule has 0 aliphatic rings. The minimum atomic E-state index is -1.57. The van der Waals surface area contributed by atoms with Gasteiger partial charge in [0.2, 0.25) is 17.7 Å². The number of hydrogen-bond donors (Lipinski definition) is 7. The number of amides is 3. The predicted octanol–water partition coefficient (Wildman–Crippen LogP) is -1.59. The number of carboxylic acids is 2. The summed E-state index contributed by atoms with van der Waals surface area (Å²) in [5.74, 6) is -5.97. The van der Waals surface area contributed by atoms with E-state index in [2.05, 4.69) is 16.0 Å². The fourth-order valence-electron chi connectivity index (χ4n) is 2.57. The average Bonchev–Trinajstić information content (AvgIpc) is 2.72. The topological polar surface area (TPSA) is 208 Å². The Morgan fingerprint density at radius 1 is 0.806 bits per heavy atom. The molecule has 0 rings (SSSR count). The van der Waals surface area contributed by atoms with Crippen molar-refractivity contribution < 1.29 is 39.3 Å². The maximum atomic E-state index is 12.7. The molecule has 0 aromatic heterocycles. The highest BCUT2D eigenvalue weighted by Gasteiger charge is 2.33. The van der Waals surface area contributed by atoms with Crippen LogP contribution in [0.4, 0.5) is 0 Å². The van der Waals surface area contributed by atoms with Crippen molar-refractivity contribution >= 4 is 29.7 Å². The number of aliphatic hydroxyl groups is 1. The molecule has 0 aliphatic carbocycles. The lowest BCUT2D eigenvalue weighted by atomic mass is 9.97. The lowest BCUT2D eigenvalue weighted by Crippen LogP contribution is -2.59. The van der Waals surface area contributed by atoms with E-state index in [1.54, 1.807) is 20.8 Å². The monoisotopic (exact) mass is 446 g/mol. The van der Waals surface area contributed by atoms with Crippen LogP contribution < -0.4 is 21.7 Å². The smallest absolute Gasteiger partial charge is 0.328 e. The van der Waals surface area contributed by atoms with Gasteiger partial charge in [0.15, 0.2) is 0 Å². The summed E-state index contributed by atoms with van der Waals surface area (Å²) in [5.41, 5.74) is 5.83. The van der Waals surface area contributed by atoms with Crippen LogP contribution in [-0.2, 0) is 24.0 Å². The van der Waals surface area contributed by atoms with Gasteiger partial charge in [-0.2, -0.15) is 0 Å². The minimum absolute atomic E-state index is 0.210. The number of carboxylic acid groups (broad SMARTS) is 2. The summed E-state index contributed by atoms with van der Waals surface area (Å²) in [6.45, 7) is 6.07. The van der Waals surface area contributed by atoms with Gasteiger partial charge in [-0.25, -0.2) is 4.79 Å². The van der Waals surface area contributed by atoms with Crippen molar-refractivity contribution in [1.29, 1.82) is 0 Å². The summed E-state index contributed by atoms with van der Waals surface area (Å²) >= 11 is 0. The Hall–Kier alpha value is -2.73. The van der Waals surface area contributed by atoms with E-state index < -0.39 is 72.8 Å². The third-order valence-electron chi connectivity index (χ3n) is 5.16. The summed E-state index contributed by atoms with van der Waals surface area (Å²) < 4.78 is 0. The third-order valence-corrected chi connectivity index (χ3v) is 5.16. The molecule has 6 unspecified atom stereocenters. The maximum absolute atomic E-state index is 12.7. The normalized spacial score (nSPS) is 16.7. The molecule has 8 N–H and O–H groups in total. The molecule has 0 heterocycles. The van der Waals surface area contributed by atoms with Crippen LogP contribution in [0.2, 0.25) is 0 Å². The molecular formula is C19H34N4O8. The van der Waals surface area contributed by atoms with Crippen LogP contribution in [-0.4, -0.2) is 75.8 Å². The summed E-state index contributed by atoms with van der Waals surface area (Å²) in [7, 11) is 0. The predicted molar refractivity (Wildman–Crippen MR) is 110 cm³/mol. The highest BCUT2D eigenvalue weighted by atomic mass is 16.4. The van der Waals surface area contributed by atoms with Crippen molar-refractivity contribution in [2.75, 3.05) is 6.61 Å². The molecule has 31 heavy (non-hydrogen) atoms. The fraction of sp³-hybridized carbons (Fsp3) is 0.737. The molecule has 0 aromatic rings. The van der Waals surface area contributed by atoms with E-state index in [1.165, 1.54) is 0 Å². The van der Waals surface area contributed by atoms with Crippen LogP contribution >= 0.6 is 0 Å². The Bertz CT molecular complexity index is 657. The van der Waals surface area contributed by atoms with Crippen LogP contribution in [0.5, 0.6) is 0 Å². The first-order valence-electron chi connectivity index (χ1n) is 10.1. The zero-order valence-electron chi connectivity index (χ0n) is 18.3. The molecule has 0 aromatic carbocycles. The van der Waals surface area contributed by atoms with Crippen LogP contribution in [0.25, 0.3) is 0 Å². The number of aliphatic carboxylic acids is 2. The first kappa shape index (κ1) is 28.3. The SMILES string of the molecule is CCC(C)C(N)C(=O)NC(CC(=O)O)C(=O)NC(C(=O)NC(CO)C(=O)O)C(C)CC. The molecule has 12 heteroatoms. The molecule has 0 fully saturated rings. The molecule has 0 aliphatic heterocycles. The zero-order chi connectivity index (χ0) is 24.3. The molecule has 0 radical (unpaired) electrons. The van der Waals surface area contributed by atoms with Crippen LogP contribution in [0.15, 0.2) is 0 Å². The van der Waals surface area contributed by atoms with Crippen LogP contribution in [0, 0.1) is 11.8 Å². The van der Waals surface area contributed by atoms with Gasteiger partial charge in [-0.05, 0) is 11.8 Å². The first-order chi connectivity index (χ1) is 14.4. The maximum Gasteiger partial charge on any atom is 0.328 e. The second kappa shape index (κ2) is 13.5. The lowest BCUT2D eigenvalue weighted by molar-refractivity contribution is -0.144. The molecule has 0 saturated carbocycles. The van der Waals surface area contributed by atoms with Gasteiger partial charge in [-0.1, -0.05) is 40.5 Å². The molecule has 12 nitrogen and oxygen atoms in total. The van der Waals surface area contributed by atoms with E-state index in [1.807, 2.05) is 6.92 Å². The summed E-state index contributed by atoms with van der Waals surface area (Å²) in [6.07, 6.45) is 0.272. The summed E-state index contributed by atoms with van der Waals surface area (Å²) in [5, 5.41) is 34.0. The summed E-state index contributed by atoms with van der Waals surface area (Å²) in [6, 6.07) is -5.24. The van der Waals surface area contributed by atoms with E-state index in [9.17, 15) is 24.0 Å². The number of carbonyl (C=O) groups excluding carboxylic acids is 3. The molecule has 0 saturated heterocycles. The quantitative estimate of drug-likeness (QED) is 0.164. The second-order valence-electron chi connectivity index (χ2n) is 7.52. The molecule has 0 bridgehead atoms. The van der Waals surface area contributed by atoms with Gasteiger partial charge in [0.05, 0.1) is 19.1 Å². The van der Waals surface area contributed by atoms with E-state index >= 15 is 0 Å². The highest BCUT2D eigenvalue weighted by Crippen LogP contribution is 2.10. The van der Waals surface area contributed by atoms with E-state index in [-0.39, 0.29) is 5.92 Å². The number of aliphatic hydroxyl groups excluding tert-OH is 1. The molecule has 6 atom stereocenters. The molecule has 178 valence electrons. The Kier molecular flexibility index (Phi) is 12.4. The van der Waals surface area contributed by atoms with Crippen molar-refractivity contribution in [2.45, 2.75) is 71.1 Å². The molecule has 0 spiro atoms. The summed E-state index contributed by atoms with van der Waals surface area (Å²) in [4.78, 5) is 59.8. The van der Waals surface area contributed by atoms with Crippen LogP contribution in [0.3, 0.4) is 0 Å². The van der Waals surface area contributed by atoms with Gasteiger partial charge >= 0.3 is 11.9 Å². The zero-order valence-corrected chi connectivity index (χ0v) is 18.3. The van der Waals surface area contributed by atoms with Gasteiger partial charge in [0.1, 0.15) is 18.1 Å². The molecule has 3 amide bonds. The lowest BCUT2D eigenvalue weighted by Gasteiger charge is -2.28. The van der Waals surface area contributed by atoms with E-state index in [0.717, 1.165) is 0 Å². The first-order valence-corrected chi connectivity index (χ1v) is 10.1. The van der Waals surface area contributed by atoms with Gasteiger partial charge in [0.25, 0.3) is 0 Å². The minimum Gasteiger partial charge on any atom is -0.481 e. The Labute approximate surface area is 180 Å². The van der Waals surface area contributed by atoms with Gasteiger partial charge < -0.3 is 37.0 Å². The Morgan fingerprint density at radius 2 is 1.32 bits per heavy atom. The van der Waals surface area contributed by atoms with Gasteiger partial charge in [0, 0.05) is 0 Å². The fourth-order valence-corrected chi connectivity index (χ4v) is 2.57. The van der Waals surface area contributed by atoms with Crippen molar-refractivity contribution in [1.82, 2.24) is 16.0 Å². The average molecular weight is 447 g/mol. The number of rotatable bonds is 14. The van der Waals surface area contributed by atoms with E-state index in [0.29, 0.717) is 12.8 Å². The Balaban J connectivity index is 5.53. The number of nitrogens with two attached hydrogens (primary N) is 1. The Morgan fingerprint density at radius 3 is 1.74 bits per heavy atom. The van der Waals surface area contributed by atoms with Crippen LogP contribution in [0.1, 0.15) is 47.0 Å². The van der Waals surface area contributed by atoms with Gasteiger partial charge in [-0.15, -0.1) is 0 Å². The van der Waals surface area contributed by atoms with Crippen molar-refractivity contribution in [3.05, 3.63) is 0 Å². The largest absolute Gasteiger partial charge is 0.481 e. The van der Waals surface area contributed by atoms with Gasteiger partial charge in [-0.3, -0.25) is 19.2 Å². The van der Waals surface area contributed by atoms with Crippen molar-refractivity contribution in [3.8, 4) is 0 Å². The molecular weight excluding hydrogens is 412 g/mol. The standard InChI is InChI=1S/C19H34N4O8/c1-5-9(3)14(20)17(28)21-11(7-13(25)26)16(27)23-15(10(4)6-2)18(29)22-12(8-24)19(30)31/h9-12,14-15,24H,5-8,20H2,1-4H3,(H,21,28)(H,22,29)(H,23,27)(H,25,26)(H,30,31).